The second-order valence-corrected chi connectivity index (χ2v) is 3.71. The van der Waals surface area contributed by atoms with Crippen molar-refractivity contribution in [3.05, 3.63) is 29.0 Å². The van der Waals surface area contributed by atoms with Gasteiger partial charge < -0.3 is 4.90 Å². The molecule has 1 aliphatic rings. The molecule has 1 heterocycles. The number of rotatable bonds is 1. The van der Waals surface area contributed by atoms with Gasteiger partial charge in [-0.05, 0) is 24.6 Å². The maximum absolute atomic E-state index is 12.9. The second kappa shape index (κ2) is 3.58. The van der Waals surface area contributed by atoms with E-state index in [1.807, 2.05) is 4.90 Å². The molecule has 0 bridgehead atoms. The fourth-order valence-electron chi connectivity index (χ4n) is 1.61. The molecular weight excluding hydrogens is 203 g/mol. The number of benzene rings is 1. The number of amidine groups is 1. The van der Waals surface area contributed by atoms with E-state index in [0.717, 1.165) is 25.1 Å². The highest BCUT2D eigenvalue weighted by Crippen LogP contribution is 2.26. The molecule has 0 spiro atoms. The fraction of sp³-hybridized carbons (Fsp3) is 0.300. The van der Waals surface area contributed by atoms with Gasteiger partial charge in [0.1, 0.15) is 11.7 Å². The van der Waals surface area contributed by atoms with Crippen molar-refractivity contribution < 1.29 is 4.39 Å². The summed E-state index contributed by atoms with van der Waals surface area (Å²) < 4.78 is 12.9. The van der Waals surface area contributed by atoms with Crippen molar-refractivity contribution in [2.75, 3.05) is 11.4 Å². The maximum atomic E-state index is 12.9. The third-order valence-electron chi connectivity index (χ3n) is 2.34. The largest absolute Gasteiger partial charge is 0.330 e. The molecule has 0 unspecified atom stereocenters. The van der Waals surface area contributed by atoms with Crippen LogP contribution in [0.15, 0.2) is 18.2 Å². The van der Waals surface area contributed by atoms with Gasteiger partial charge in [-0.1, -0.05) is 11.6 Å². The van der Waals surface area contributed by atoms with Crippen LogP contribution in [0.25, 0.3) is 0 Å². The molecule has 1 fully saturated rings. The fourth-order valence-corrected chi connectivity index (χ4v) is 1.79. The minimum Gasteiger partial charge on any atom is -0.330 e. The van der Waals surface area contributed by atoms with Crippen LogP contribution in [0.5, 0.6) is 0 Å². The lowest BCUT2D eigenvalue weighted by Crippen LogP contribution is -2.22. The zero-order valence-electron chi connectivity index (χ0n) is 7.56. The van der Waals surface area contributed by atoms with Crippen LogP contribution in [0.2, 0.25) is 5.02 Å². The molecule has 2 rings (SSSR count). The van der Waals surface area contributed by atoms with Crippen LogP contribution in [-0.2, 0) is 0 Å². The Kier molecular flexibility index (Phi) is 2.42. The van der Waals surface area contributed by atoms with E-state index >= 15 is 0 Å². The summed E-state index contributed by atoms with van der Waals surface area (Å²) in [6, 6.07) is 4.56. The first-order valence-corrected chi connectivity index (χ1v) is 4.86. The first-order chi connectivity index (χ1) is 6.68. The zero-order valence-corrected chi connectivity index (χ0v) is 8.31. The van der Waals surface area contributed by atoms with E-state index in [2.05, 4.69) is 0 Å². The van der Waals surface area contributed by atoms with E-state index in [9.17, 15) is 4.39 Å². The third-order valence-corrected chi connectivity index (χ3v) is 2.63. The van der Waals surface area contributed by atoms with Crippen molar-refractivity contribution in [3.63, 3.8) is 0 Å². The maximum Gasteiger partial charge on any atom is 0.141 e. The Morgan fingerprint density at radius 2 is 2.21 bits per heavy atom. The summed E-state index contributed by atoms with van der Waals surface area (Å²) in [6.45, 7) is 0.820. The molecule has 1 aromatic carbocycles. The lowest BCUT2D eigenvalue weighted by Gasteiger charge is -2.17. The topological polar surface area (TPSA) is 27.1 Å². The van der Waals surface area contributed by atoms with Crippen LogP contribution < -0.4 is 4.90 Å². The van der Waals surface area contributed by atoms with Gasteiger partial charge in [0.05, 0.1) is 5.02 Å². The van der Waals surface area contributed by atoms with E-state index < -0.39 is 5.82 Å². The molecule has 74 valence electrons. The van der Waals surface area contributed by atoms with Crippen LogP contribution in [0.1, 0.15) is 12.8 Å². The number of halogens is 2. The SMILES string of the molecule is N=C1CCCN1c1ccc(F)c(Cl)c1. The van der Waals surface area contributed by atoms with Crippen LogP contribution in [0, 0.1) is 11.2 Å². The number of nitrogens with one attached hydrogen (secondary N) is 1. The predicted molar refractivity (Wildman–Crippen MR) is 55.7 cm³/mol. The van der Waals surface area contributed by atoms with E-state index in [1.165, 1.54) is 6.07 Å². The van der Waals surface area contributed by atoms with Crippen molar-refractivity contribution in [1.29, 1.82) is 5.41 Å². The van der Waals surface area contributed by atoms with Gasteiger partial charge in [0.15, 0.2) is 0 Å². The summed E-state index contributed by atoms with van der Waals surface area (Å²) in [5, 5.41) is 7.77. The van der Waals surface area contributed by atoms with E-state index in [-0.39, 0.29) is 5.02 Å². The van der Waals surface area contributed by atoms with E-state index in [0.29, 0.717) is 5.84 Å². The highest BCUT2D eigenvalue weighted by atomic mass is 35.5. The Hall–Kier alpha value is -1.09. The normalized spacial score (nSPS) is 16.4. The van der Waals surface area contributed by atoms with Crippen molar-refractivity contribution >= 4 is 23.1 Å². The summed E-state index contributed by atoms with van der Waals surface area (Å²) in [4.78, 5) is 1.85. The number of nitrogens with zero attached hydrogens (tertiary/aromatic N) is 1. The monoisotopic (exact) mass is 212 g/mol. The van der Waals surface area contributed by atoms with Gasteiger partial charge in [0, 0.05) is 18.7 Å². The highest BCUT2D eigenvalue weighted by Gasteiger charge is 2.18. The minimum absolute atomic E-state index is 0.113. The Morgan fingerprint density at radius 3 is 2.79 bits per heavy atom. The van der Waals surface area contributed by atoms with Crippen LogP contribution in [-0.4, -0.2) is 12.4 Å². The third kappa shape index (κ3) is 1.60. The molecule has 0 aromatic heterocycles. The number of anilines is 1. The molecule has 0 atom stereocenters. The van der Waals surface area contributed by atoms with Crippen molar-refractivity contribution in [2.24, 2.45) is 0 Å². The van der Waals surface area contributed by atoms with Gasteiger partial charge in [-0.25, -0.2) is 4.39 Å². The summed E-state index contributed by atoms with van der Waals surface area (Å²) >= 11 is 5.67. The lowest BCUT2D eigenvalue weighted by molar-refractivity contribution is 0.628. The van der Waals surface area contributed by atoms with Crippen molar-refractivity contribution in [2.45, 2.75) is 12.8 Å². The first-order valence-electron chi connectivity index (χ1n) is 4.48. The number of hydrogen-bond donors (Lipinski definition) is 1. The number of hydrogen-bond acceptors (Lipinski definition) is 1. The quantitative estimate of drug-likeness (QED) is 0.761. The smallest absolute Gasteiger partial charge is 0.141 e. The molecule has 1 aliphatic heterocycles. The molecule has 1 saturated heterocycles. The average molecular weight is 213 g/mol. The summed E-state index contributed by atoms with van der Waals surface area (Å²) in [7, 11) is 0. The molecule has 2 nitrogen and oxygen atoms in total. The van der Waals surface area contributed by atoms with Gasteiger partial charge in [0.2, 0.25) is 0 Å². The Balaban J connectivity index is 2.32. The molecule has 1 aromatic rings. The van der Waals surface area contributed by atoms with Crippen molar-refractivity contribution in [1.82, 2.24) is 0 Å². The van der Waals surface area contributed by atoms with Gasteiger partial charge >= 0.3 is 0 Å². The molecular formula is C10H10ClFN2. The van der Waals surface area contributed by atoms with Gasteiger partial charge in [-0.3, -0.25) is 5.41 Å². The summed E-state index contributed by atoms with van der Waals surface area (Å²) in [5.74, 6) is 0.161. The highest BCUT2D eigenvalue weighted by molar-refractivity contribution is 6.31. The lowest BCUT2D eigenvalue weighted by atomic mass is 10.3. The van der Waals surface area contributed by atoms with E-state index in [1.54, 1.807) is 12.1 Å². The molecule has 0 saturated carbocycles. The predicted octanol–water partition coefficient (Wildman–Crippen LogP) is 3.06. The average Bonchev–Trinajstić information content (AvgIpc) is 2.57. The van der Waals surface area contributed by atoms with Gasteiger partial charge in [-0.2, -0.15) is 0 Å². The minimum atomic E-state index is -0.416. The molecule has 0 radical (unpaired) electrons. The van der Waals surface area contributed by atoms with Gasteiger partial charge in [-0.15, -0.1) is 0 Å². The summed E-state index contributed by atoms with van der Waals surface area (Å²) in [5.41, 5.74) is 0.805. The summed E-state index contributed by atoms with van der Waals surface area (Å²) in [6.07, 6.45) is 1.77. The Morgan fingerprint density at radius 1 is 1.43 bits per heavy atom. The molecule has 14 heavy (non-hydrogen) atoms. The Labute approximate surface area is 86.8 Å². The van der Waals surface area contributed by atoms with Crippen LogP contribution >= 0.6 is 11.6 Å². The molecule has 1 N–H and O–H groups in total. The van der Waals surface area contributed by atoms with E-state index in [4.69, 9.17) is 17.0 Å². The molecule has 0 aliphatic carbocycles. The molecule has 4 heteroatoms. The standard InChI is InChI=1S/C10H10ClFN2/c11-8-6-7(3-4-9(8)12)14-5-1-2-10(14)13/h3-4,6,13H,1-2,5H2. The first kappa shape index (κ1) is 9.46. The second-order valence-electron chi connectivity index (χ2n) is 3.30. The zero-order chi connectivity index (χ0) is 10.1. The van der Waals surface area contributed by atoms with Crippen LogP contribution in [0.4, 0.5) is 10.1 Å². The van der Waals surface area contributed by atoms with Crippen molar-refractivity contribution in [3.8, 4) is 0 Å². The molecule has 0 amide bonds. The van der Waals surface area contributed by atoms with Crippen LogP contribution in [0.3, 0.4) is 0 Å². The van der Waals surface area contributed by atoms with Gasteiger partial charge in [0.25, 0.3) is 0 Å². The Bertz CT molecular complexity index is 378.